The van der Waals surface area contributed by atoms with E-state index in [4.69, 9.17) is 4.74 Å². The predicted octanol–water partition coefficient (Wildman–Crippen LogP) is 2.31. The van der Waals surface area contributed by atoms with E-state index in [9.17, 15) is 5.11 Å². The maximum absolute atomic E-state index is 10.6. The molecule has 1 saturated carbocycles. The molecule has 0 radical (unpaired) electrons. The topological polar surface area (TPSA) is 47.3 Å². The van der Waals surface area contributed by atoms with Crippen molar-refractivity contribution in [3.8, 4) is 0 Å². The lowest BCUT2D eigenvalue weighted by Gasteiger charge is -2.45. The zero-order valence-electron chi connectivity index (χ0n) is 12.5. The summed E-state index contributed by atoms with van der Waals surface area (Å²) in [6.45, 7) is 4.58. The maximum atomic E-state index is 10.6. The van der Waals surface area contributed by atoms with Gasteiger partial charge in [0.1, 0.15) is 0 Å². The minimum absolute atomic E-state index is 0.371. The highest BCUT2D eigenvalue weighted by Gasteiger charge is 2.43. The van der Waals surface area contributed by atoms with Gasteiger partial charge in [-0.2, -0.15) is 5.10 Å². The van der Waals surface area contributed by atoms with Crippen molar-refractivity contribution in [3.05, 3.63) is 18.0 Å². The molecule has 1 fully saturated rings. The molecule has 1 aliphatic rings. The molecule has 1 heterocycles. The van der Waals surface area contributed by atoms with Gasteiger partial charge in [-0.05, 0) is 36.7 Å². The molecule has 0 aliphatic heterocycles. The van der Waals surface area contributed by atoms with Crippen molar-refractivity contribution < 1.29 is 9.84 Å². The Morgan fingerprint density at radius 3 is 2.47 bits per heavy atom. The third kappa shape index (κ3) is 3.18. The van der Waals surface area contributed by atoms with Crippen LogP contribution in [0.3, 0.4) is 0 Å². The van der Waals surface area contributed by atoms with Gasteiger partial charge >= 0.3 is 0 Å². The van der Waals surface area contributed by atoms with Gasteiger partial charge in [0.15, 0.2) is 0 Å². The Morgan fingerprint density at radius 2 is 2.00 bits per heavy atom. The Balaban J connectivity index is 2.05. The molecule has 0 saturated heterocycles. The number of nitrogens with zero attached hydrogens (tertiary/aromatic N) is 2. The second kappa shape index (κ2) is 5.25. The van der Waals surface area contributed by atoms with Crippen molar-refractivity contribution in [1.82, 2.24) is 9.78 Å². The van der Waals surface area contributed by atoms with Crippen LogP contribution in [0.5, 0.6) is 0 Å². The second-order valence-electron chi connectivity index (χ2n) is 6.68. The first-order valence-electron chi connectivity index (χ1n) is 7.08. The number of methoxy groups -OCH3 is 1. The Morgan fingerprint density at radius 1 is 1.37 bits per heavy atom. The van der Waals surface area contributed by atoms with Crippen LogP contribution in [-0.4, -0.2) is 33.7 Å². The quantitative estimate of drug-likeness (QED) is 0.909. The molecule has 4 heteroatoms. The number of aryl methyl sites for hydroxylation is 1. The first-order valence-corrected chi connectivity index (χ1v) is 7.08. The number of aromatic nitrogens is 2. The highest BCUT2D eigenvalue weighted by molar-refractivity contribution is 5.08. The smallest absolute Gasteiger partial charge is 0.0940 e. The van der Waals surface area contributed by atoms with E-state index in [0.717, 1.165) is 31.2 Å². The molecule has 1 aromatic heterocycles. The van der Waals surface area contributed by atoms with Gasteiger partial charge in [0.25, 0.3) is 0 Å². The lowest BCUT2D eigenvalue weighted by molar-refractivity contribution is -0.135. The summed E-state index contributed by atoms with van der Waals surface area (Å²) in [6, 6.07) is 0. The summed E-state index contributed by atoms with van der Waals surface area (Å²) in [5, 5.41) is 14.7. The van der Waals surface area contributed by atoms with Crippen LogP contribution < -0.4 is 0 Å². The maximum Gasteiger partial charge on any atom is 0.0940 e. The van der Waals surface area contributed by atoms with Crippen LogP contribution in [0.1, 0.15) is 45.1 Å². The normalized spacial score (nSPS) is 23.2. The SMILES string of the molecule is COC1(C(O)Cc2cnn(C)c2)CCC(C)(C)CC1. The summed E-state index contributed by atoms with van der Waals surface area (Å²) >= 11 is 0. The Labute approximate surface area is 115 Å². The Hall–Kier alpha value is -0.870. The molecular weight excluding hydrogens is 240 g/mol. The van der Waals surface area contributed by atoms with Gasteiger partial charge in [-0.25, -0.2) is 0 Å². The zero-order valence-corrected chi connectivity index (χ0v) is 12.5. The monoisotopic (exact) mass is 266 g/mol. The fourth-order valence-corrected chi connectivity index (χ4v) is 3.01. The minimum atomic E-state index is -0.460. The molecule has 0 aromatic carbocycles. The van der Waals surface area contributed by atoms with E-state index in [1.165, 1.54) is 0 Å². The van der Waals surface area contributed by atoms with Crippen molar-refractivity contribution in [3.63, 3.8) is 0 Å². The summed E-state index contributed by atoms with van der Waals surface area (Å²) in [7, 11) is 3.62. The van der Waals surface area contributed by atoms with Gasteiger partial charge in [-0.15, -0.1) is 0 Å². The molecule has 0 bridgehead atoms. The van der Waals surface area contributed by atoms with Crippen LogP contribution in [0.15, 0.2) is 12.4 Å². The summed E-state index contributed by atoms with van der Waals surface area (Å²) in [5.41, 5.74) is 1.05. The van der Waals surface area contributed by atoms with Crippen LogP contribution in [-0.2, 0) is 18.2 Å². The average molecular weight is 266 g/mol. The highest BCUT2D eigenvalue weighted by Crippen LogP contribution is 2.43. The fourth-order valence-electron chi connectivity index (χ4n) is 3.01. The molecule has 0 amide bonds. The van der Waals surface area contributed by atoms with E-state index in [1.54, 1.807) is 11.8 Å². The predicted molar refractivity (Wildman–Crippen MR) is 74.9 cm³/mol. The summed E-state index contributed by atoms with van der Waals surface area (Å²) in [6.07, 6.45) is 7.99. The molecule has 2 rings (SSSR count). The summed E-state index contributed by atoms with van der Waals surface area (Å²) in [4.78, 5) is 0. The fraction of sp³-hybridized carbons (Fsp3) is 0.800. The first-order chi connectivity index (χ1) is 8.87. The number of aliphatic hydroxyl groups excluding tert-OH is 1. The zero-order chi connectivity index (χ0) is 14.1. The van der Waals surface area contributed by atoms with Crippen LogP contribution >= 0.6 is 0 Å². The average Bonchev–Trinajstić information content (AvgIpc) is 2.75. The van der Waals surface area contributed by atoms with Crippen LogP contribution in [0.25, 0.3) is 0 Å². The number of hydrogen-bond acceptors (Lipinski definition) is 3. The van der Waals surface area contributed by atoms with Gasteiger partial charge in [0.2, 0.25) is 0 Å². The molecule has 0 spiro atoms. The summed E-state index contributed by atoms with van der Waals surface area (Å²) < 4.78 is 7.51. The molecule has 4 nitrogen and oxygen atoms in total. The standard InChI is InChI=1S/C15H26N2O2/c1-14(2)5-7-15(19-4,8-6-14)13(18)9-12-10-16-17(3)11-12/h10-11,13,18H,5-9H2,1-4H3. The largest absolute Gasteiger partial charge is 0.390 e. The molecule has 1 aliphatic carbocycles. The number of aliphatic hydroxyl groups is 1. The van der Waals surface area contributed by atoms with Crippen molar-refractivity contribution in [1.29, 1.82) is 0 Å². The molecule has 1 unspecified atom stereocenters. The Kier molecular flexibility index (Phi) is 4.02. The van der Waals surface area contributed by atoms with Crippen LogP contribution in [0.4, 0.5) is 0 Å². The molecule has 1 atom stereocenters. The van der Waals surface area contributed by atoms with Gasteiger partial charge in [0, 0.05) is 26.8 Å². The van der Waals surface area contributed by atoms with E-state index in [0.29, 0.717) is 11.8 Å². The number of ether oxygens (including phenoxy) is 1. The van der Waals surface area contributed by atoms with Crippen molar-refractivity contribution in [2.75, 3.05) is 7.11 Å². The Bertz CT molecular complexity index is 416. The molecule has 108 valence electrons. The van der Waals surface area contributed by atoms with Gasteiger partial charge in [-0.3, -0.25) is 4.68 Å². The van der Waals surface area contributed by atoms with E-state index in [2.05, 4.69) is 18.9 Å². The van der Waals surface area contributed by atoms with Crippen molar-refractivity contribution >= 4 is 0 Å². The minimum Gasteiger partial charge on any atom is -0.390 e. The first kappa shape index (κ1) is 14.5. The third-order valence-corrected chi connectivity index (χ3v) is 4.65. The van der Waals surface area contributed by atoms with Crippen molar-refractivity contribution in [2.24, 2.45) is 12.5 Å². The van der Waals surface area contributed by atoms with E-state index < -0.39 is 6.10 Å². The molecule has 1 N–H and O–H groups in total. The van der Waals surface area contributed by atoms with Gasteiger partial charge < -0.3 is 9.84 Å². The summed E-state index contributed by atoms with van der Waals surface area (Å²) in [5.74, 6) is 0. The molecular formula is C15H26N2O2. The van der Waals surface area contributed by atoms with E-state index >= 15 is 0 Å². The number of hydrogen-bond donors (Lipinski definition) is 1. The second-order valence-corrected chi connectivity index (χ2v) is 6.68. The number of rotatable bonds is 4. The van der Waals surface area contributed by atoms with Crippen LogP contribution in [0.2, 0.25) is 0 Å². The van der Waals surface area contributed by atoms with Crippen molar-refractivity contribution in [2.45, 2.75) is 57.7 Å². The van der Waals surface area contributed by atoms with Gasteiger partial charge in [-0.1, -0.05) is 13.8 Å². The van der Waals surface area contributed by atoms with Crippen LogP contribution in [0, 0.1) is 5.41 Å². The highest BCUT2D eigenvalue weighted by atomic mass is 16.5. The lowest BCUT2D eigenvalue weighted by Crippen LogP contribution is -2.49. The van der Waals surface area contributed by atoms with E-state index in [1.807, 2.05) is 19.4 Å². The van der Waals surface area contributed by atoms with E-state index in [-0.39, 0.29) is 5.60 Å². The molecule has 19 heavy (non-hydrogen) atoms. The lowest BCUT2D eigenvalue weighted by atomic mass is 9.68. The molecule has 1 aromatic rings. The third-order valence-electron chi connectivity index (χ3n) is 4.65. The van der Waals surface area contributed by atoms with Gasteiger partial charge in [0.05, 0.1) is 17.9 Å².